The monoisotopic (exact) mass is 353 g/mol. The van der Waals surface area contributed by atoms with Gasteiger partial charge >= 0.3 is 0 Å². The van der Waals surface area contributed by atoms with Crippen molar-refractivity contribution in [3.8, 4) is 0 Å². The number of anilines is 1. The molecule has 0 N–H and O–H groups in total. The fraction of sp³-hybridized carbons (Fsp3) is 0.444. The van der Waals surface area contributed by atoms with Gasteiger partial charge in [0.05, 0.1) is 18.0 Å². The first-order chi connectivity index (χ1) is 12.5. The first-order valence-electron chi connectivity index (χ1n) is 8.85. The van der Waals surface area contributed by atoms with Gasteiger partial charge < -0.3 is 9.80 Å². The molecule has 1 fully saturated rings. The highest BCUT2D eigenvalue weighted by Gasteiger charge is 2.28. The van der Waals surface area contributed by atoms with Gasteiger partial charge in [-0.3, -0.25) is 9.48 Å². The van der Waals surface area contributed by atoms with Gasteiger partial charge in [-0.1, -0.05) is 0 Å². The van der Waals surface area contributed by atoms with Crippen molar-refractivity contribution in [2.24, 2.45) is 7.05 Å². The molecule has 0 spiro atoms. The van der Waals surface area contributed by atoms with Crippen molar-refractivity contribution in [3.05, 3.63) is 42.0 Å². The van der Waals surface area contributed by atoms with E-state index in [4.69, 9.17) is 0 Å². The lowest BCUT2D eigenvalue weighted by molar-refractivity contribution is 0.0717. The molecule has 8 heteroatoms. The first kappa shape index (κ1) is 16.6. The Kier molecular flexibility index (Phi) is 4.10. The third kappa shape index (κ3) is 2.91. The molecule has 4 heterocycles. The van der Waals surface area contributed by atoms with Gasteiger partial charge in [-0.15, -0.1) is 0 Å². The average molecular weight is 353 g/mol. The van der Waals surface area contributed by atoms with Gasteiger partial charge in [0, 0.05) is 57.3 Å². The standard InChI is InChI=1S/C18H23N7O/c1-13-9-17(25-16(21-13)6-7-19-25)24-8-4-5-15(12-24)23(3)18(26)14-10-20-22(2)11-14/h6-7,9-11,15H,4-5,8,12H2,1-3H3. The van der Waals surface area contributed by atoms with Gasteiger partial charge in [-0.2, -0.15) is 14.7 Å². The van der Waals surface area contributed by atoms with E-state index in [0.717, 1.165) is 43.1 Å². The summed E-state index contributed by atoms with van der Waals surface area (Å²) in [5.41, 5.74) is 2.44. The van der Waals surface area contributed by atoms with E-state index in [0.29, 0.717) is 5.56 Å². The van der Waals surface area contributed by atoms with E-state index in [9.17, 15) is 4.79 Å². The number of carbonyl (C=O) groups excluding carboxylic acids is 1. The average Bonchev–Trinajstić information content (AvgIpc) is 3.28. The second kappa shape index (κ2) is 6.44. The highest BCUT2D eigenvalue weighted by Crippen LogP contribution is 2.24. The Morgan fingerprint density at radius 1 is 1.35 bits per heavy atom. The summed E-state index contributed by atoms with van der Waals surface area (Å²) in [6, 6.07) is 4.12. The molecule has 136 valence electrons. The molecule has 1 atom stereocenters. The van der Waals surface area contributed by atoms with Crippen molar-refractivity contribution in [2.45, 2.75) is 25.8 Å². The van der Waals surface area contributed by atoms with Crippen molar-refractivity contribution >= 4 is 17.4 Å². The van der Waals surface area contributed by atoms with E-state index in [1.165, 1.54) is 0 Å². The normalized spacial score (nSPS) is 17.7. The molecule has 0 bridgehead atoms. The van der Waals surface area contributed by atoms with E-state index in [1.54, 1.807) is 23.3 Å². The van der Waals surface area contributed by atoms with Crippen LogP contribution in [0.15, 0.2) is 30.7 Å². The molecule has 3 aromatic heterocycles. The van der Waals surface area contributed by atoms with Crippen LogP contribution in [0.2, 0.25) is 0 Å². The zero-order valence-corrected chi connectivity index (χ0v) is 15.3. The third-order valence-corrected chi connectivity index (χ3v) is 5.01. The molecule has 0 radical (unpaired) electrons. The topological polar surface area (TPSA) is 71.6 Å². The number of likely N-dealkylation sites (N-methyl/N-ethyl adjacent to an activating group) is 1. The zero-order valence-electron chi connectivity index (χ0n) is 15.3. The molecule has 0 aromatic carbocycles. The van der Waals surface area contributed by atoms with Crippen molar-refractivity contribution in [1.82, 2.24) is 29.3 Å². The first-order valence-corrected chi connectivity index (χ1v) is 8.85. The maximum Gasteiger partial charge on any atom is 0.257 e. The number of nitrogens with zero attached hydrogens (tertiary/aromatic N) is 7. The maximum absolute atomic E-state index is 12.8. The molecule has 0 saturated carbocycles. The van der Waals surface area contributed by atoms with Crippen LogP contribution in [0.5, 0.6) is 0 Å². The highest BCUT2D eigenvalue weighted by atomic mass is 16.2. The summed E-state index contributed by atoms with van der Waals surface area (Å²) in [4.78, 5) is 21.4. The second-order valence-corrected chi connectivity index (χ2v) is 6.92. The van der Waals surface area contributed by atoms with Crippen LogP contribution < -0.4 is 4.90 Å². The minimum atomic E-state index is 0.0140. The molecular formula is C18H23N7O. The van der Waals surface area contributed by atoms with Gasteiger partial charge in [0.2, 0.25) is 0 Å². The molecule has 1 aliphatic heterocycles. The van der Waals surface area contributed by atoms with Gasteiger partial charge in [0.15, 0.2) is 5.65 Å². The van der Waals surface area contributed by atoms with Gasteiger partial charge in [-0.25, -0.2) is 4.98 Å². The van der Waals surface area contributed by atoms with Gasteiger partial charge in [0.1, 0.15) is 5.82 Å². The number of aryl methyl sites for hydroxylation is 2. The molecule has 1 amide bonds. The molecule has 8 nitrogen and oxygen atoms in total. The number of piperidine rings is 1. The lowest BCUT2D eigenvalue weighted by Crippen LogP contribution is -2.49. The van der Waals surface area contributed by atoms with Crippen molar-refractivity contribution in [2.75, 3.05) is 25.0 Å². The van der Waals surface area contributed by atoms with Crippen LogP contribution in [0.25, 0.3) is 5.65 Å². The molecule has 4 rings (SSSR count). The summed E-state index contributed by atoms with van der Waals surface area (Å²) >= 11 is 0. The summed E-state index contributed by atoms with van der Waals surface area (Å²) in [5, 5.41) is 8.52. The van der Waals surface area contributed by atoms with E-state index < -0.39 is 0 Å². The van der Waals surface area contributed by atoms with E-state index in [1.807, 2.05) is 36.5 Å². The van der Waals surface area contributed by atoms with Crippen LogP contribution in [0.3, 0.4) is 0 Å². The summed E-state index contributed by atoms with van der Waals surface area (Å²) < 4.78 is 3.53. The number of hydrogen-bond acceptors (Lipinski definition) is 5. The smallest absolute Gasteiger partial charge is 0.257 e. The molecule has 1 aliphatic rings. The Balaban J connectivity index is 1.57. The lowest BCUT2D eigenvalue weighted by Gasteiger charge is -2.38. The molecule has 1 unspecified atom stereocenters. The molecule has 0 aliphatic carbocycles. The summed E-state index contributed by atoms with van der Waals surface area (Å²) in [7, 11) is 3.70. The maximum atomic E-state index is 12.8. The number of aromatic nitrogens is 5. The second-order valence-electron chi connectivity index (χ2n) is 6.92. The Bertz CT molecular complexity index is 944. The van der Waals surface area contributed by atoms with Crippen molar-refractivity contribution < 1.29 is 4.79 Å². The minimum Gasteiger partial charge on any atom is -0.354 e. The Morgan fingerprint density at radius 3 is 2.96 bits per heavy atom. The molecular weight excluding hydrogens is 330 g/mol. The van der Waals surface area contributed by atoms with E-state index in [-0.39, 0.29) is 11.9 Å². The molecule has 3 aromatic rings. The van der Waals surface area contributed by atoms with E-state index >= 15 is 0 Å². The number of amides is 1. The van der Waals surface area contributed by atoms with Gasteiger partial charge in [0.25, 0.3) is 5.91 Å². The number of hydrogen-bond donors (Lipinski definition) is 0. The number of fused-ring (bicyclic) bond motifs is 1. The largest absolute Gasteiger partial charge is 0.354 e. The zero-order chi connectivity index (χ0) is 18.3. The fourth-order valence-electron chi connectivity index (χ4n) is 3.62. The fourth-order valence-corrected chi connectivity index (χ4v) is 3.62. The minimum absolute atomic E-state index is 0.0140. The number of carbonyl (C=O) groups is 1. The van der Waals surface area contributed by atoms with Crippen LogP contribution in [0.4, 0.5) is 5.82 Å². The summed E-state index contributed by atoms with van der Waals surface area (Å²) in [5.74, 6) is 1.05. The molecule has 1 saturated heterocycles. The Labute approximate surface area is 152 Å². The summed E-state index contributed by atoms with van der Waals surface area (Å²) in [6.45, 7) is 3.72. The molecule has 26 heavy (non-hydrogen) atoms. The van der Waals surface area contributed by atoms with E-state index in [2.05, 4.69) is 26.1 Å². The van der Waals surface area contributed by atoms with Crippen LogP contribution in [-0.2, 0) is 7.05 Å². The predicted molar refractivity (Wildman–Crippen MR) is 98.3 cm³/mol. The van der Waals surface area contributed by atoms with Crippen molar-refractivity contribution in [1.29, 1.82) is 0 Å². The Morgan fingerprint density at radius 2 is 2.19 bits per heavy atom. The quantitative estimate of drug-likeness (QED) is 0.714. The highest BCUT2D eigenvalue weighted by molar-refractivity contribution is 5.93. The van der Waals surface area contributed by atoms with Crippen LogP contribution in [0.1, 0.15) is 28.9 Å². The van der Waals surface area contributed by atoms with Crippen molar-refractivity contribution in [3.63, 3.8) is 0 Å². The lowest BCUT2D eigenvalue weighted by atomic mass is 10.0. The van der Waals surface area contributed by atoms with Gasteiger partial charge in [-0.05, 0) is 19.8 Å². The third-order valence-electron chi connectivity index (χ3n) is 5.01. The SMILES string of the molecule is Cc1cc(N2CCCC(N(C)C(=O)c3cnn(C)c3)C2)n2nccc2n1. The summed E-state index contributed by atoms with van der Waals surface area (Å²) in [6.07, 6.45) is 7.17. The van der Waals surface area contributed by atoms with Crippen LogP contribution in [0, 0.1) is 6.92 Å². The van der Waals surface area contributed by atoms with Crippen LogP contribution >= 0.6 is 0 Å². The Hall–Kier alpha value is -2.90. The predicted octanol–water partition coefficient (Wildman–Crippen LogP) is 1.51. The number of rotatable bonds is 3. The van der Waals surface area contributed by atoms with Crippen LogP contribution in [-0.4, -0.2) is 61.4 Å².